The number of hydrogen-bond donors (Lipinski definition) is 0. The summed E-state index contributed by atoms with van der Waals surface area (Å²) < 4.78 is 0. The van der Waals surface area contributed by atoms with Crippen LogP contribution < -0.4 is 0 Å². The average molecular weight is 1910 g/mol. The zero-order valence-corrected chi connectivity index (χ0v) is 81.2. The molecule has 6 aromatic heterocycles. The topological polar surface area (TPSA) is 155 Å². The lowest BCUT2D eigenvalue weighted by Crippen LogP contribution is -2.01. The van der Waals surface area contributed by atoms with Gasteiger partial charge in [-0.25, -0.2) is 44.9 Å². The SMILES string of the molecule is c1ccc(-c2ccc(-c3nc(-c4ccc(-c5ccccc5)cc4)nc(-c4ccc(-c5nccc6ccccc56)cc4)n3)cc2)cc1.c1ccc2c(-c3ccc(-c4nc(-c5cc6ccccc6c6ccccc56)nc(-c5cc6ccccc6c6ccccc56)n4)cc3)nccc2c1.c1ccc2c(-c3ccc(-c4nc(-c5ccc(-c6cccc7ccccc67)cc5)nc(-c5ccc(-c6nccc7ccccc67)cc5)n4)cc3)cccc2c1. The maximum Gasteiger partial charge on any atom is 0.164 e. The van der Waals surface area contributed by atoms with Gasteiger partial charge in [-0.05, 0) is 156 Å². The largest absolute Gasteiger partial charge is 0.256 e. The van der Waals surface area contributed by atoms with Gasteiger partial charge in [0.25, 0.3) is 0 Å². The van der Waals surface area contributed by atoms with Gasteiger partial charge in [-0.1, -0.05) is 485 Å². The maximum atomic E-state index is 5.28. The fraction of sp³-hybridized carbons (Fsp3) is 0. The molecule has 22 aromatic carbocycles. The van der Waals surface area contributed by atoms with Crippen molar-refractivity contribution in [2.75, 3.05) is 0 Å². The van der Waals surface area contributed by atoms with Crippen molar-refractivity contribution in [1.29, 1.82) is 0 Å². The van der Waals surface area contributed by atoms with E-state index in [1.807, 2.05) is 48.9 Å². The van der Waals surface area contributed by atoms with Crippen LogP contribution in [0.3, 0.4) is 0 Å². The van der Waals surface area contributed by atoms with E-state index >= 15 is 0 Å². The van der Waals surface area contributed by atoms with E-state index in [4.69, 9.17) is 59.8 Å². The molecule has 0 fully saturated rings. The van der Waals surface area contributed by atoms with Crippen LogP contribution in [0.2, 0.25) is 0 Å². The van der Waals surface area contributed by atoms with Crippen LogP contribution in [0.25, 0.3) is 278 Å². The van der Waals surface area contributed by atoms with Crippen molar-refractivity contribution in [3.63, 3.8) is 0 Å². The Morgan fingerprint density at radius 1 is 0.100 bits per heavy atom. The van der Waals surface area contributed by atoms with Crippen molar-refractivity contribution >= 4 is 97.0 Å². The Bertz CT molecular complexity index is 9370. The minimum atomic E-state index is 0.615. The van der Waals surface area contributed by atoms with E-state index in [9.17, 15) is 0 Å². The quantitative estimate of drug-likeness (QED) is 0.0846. The minimum absolute atomic E-state index is 0.615. The molecular formula is C138H88N12. The highest BCUT2D eigenvalue weighted by molar-refractivity contribution is 6.15. The second-order valence-corrected chi connectivity index (χ2v) is 37.3. The molecule has 0 radical (unpaired) electrons. The van der Waals surface area contributed by atoms with Gasteiger partial charge in [0, 0.05) is 102 Å². The monoisotopic (exact) mass is 1910 g/mol. The first-order valence-corrected chi connectivity index (χ1v) is 50.2. The number of fused-ring (bicyclic) bond motifs is 11. The Labute approximate surface area is 865 Å². The molecule has 0 spiro atoms. The lowest BCUT2D eigenvalue weighted by Gasteiger charge is -2.14. The molecule has 0 N–H and O–H groups in total. The standard InChI is InChI=1S/C50H32N4.C46H28N4.C42H28N4/c1-4-14-42-33(9-1)12-7-17-44(42)36-19-25-39(26-20-36)48-52-49(40-27-21-37(22-28-40)45-18-8-13-34-10-2-5-15-43(34)45)54-50(53-48)41-29-23-38(24-30-41)47-46-16-6-3-11-35(46)31-32-51-47;1-6-16-36-29(11-1)25-26-47-43(36)30-21-23-31(24-22-30)44-48-45(41-27-32-12-2-4-14-34(32)37-17-7-9-19-39(37)41)50-46(49-44)42-28-33-13-3-5-15-35(33)38-18-8-10-20-40(38)42;1-3-9-29(10-4-1)31-15-21-35(22-16-31)40-44-41(36-23-17-32(18-24-36)30-11-5-2-6-12-30)46-42(45-40)37-25-19-34(20-26-37)39-38-14-8-7-13-33(38)27-28-43-39/h1-32H;1-28H;1-28H. The van der Waals surface area contributed by atoms with E-state index in [1.54, 1.807) is 0 Å². The Kier molecular flexibility index (Phi) is 23.8. The van der Waals surface area contributed by atoms with Gasteiger partial charge in [0.05, 0.1) is 17.1 Å². The molecule has 12 heteroatoms. The van der Waals surface area contributed by atoms with Crippen LogP contribution in [0.4, 0.5) is 0 Å². The van der Waals surface area contributed by atoms with E-state index in [-0.39, 0.29) is 0 Å². The second kappa shape index (κ2) is 39.8. The van der Waals surface area contributed by atoms with Crippen molar-refractivity contribution in [1.82, 2.24) is 59.8 Å². The van der Waals surface area contributed by atoms with Crippen molar-refractivity contribution in [2.24, 2.45) is 0 Å². The molecule has 0 bridgehead atoms. The van der Waals surface area contributed by atoms with Gasteiger partial charge in [-0.3, -0.25) is 15.0 Å². The van der Waals surface area contributed by atoms with Crippen molar-refractivity contribution < 1.29 is 0 Å². The zero-order valence-electron chi connectivity index (χ0n) is 81.2. The zero-order chi connectivity index (χ0) is 99.6. The molecule has 0 unspecified atom stereocenters. The van der Waals surface area contributed by atoms with Crippen LogP contribution in [0.1, 0.15) is 0 Å². The summed E-state index contributed by atoms with van der Waals surface area (Å²) in [6, 6.07) is 179. The fourth-order valence-corrected chi connectivity index (χ4v) is 20.6. The maximum absolute atomic E-state index is 5.28. The summed E-state index contributed by atoms with van der Waals surface area (Å²) in [6.07, 6.45) is 5.60. The first-order chi connectivity index (χ1) is 74.3. The molecule has 6 heterocycles. The highest BCUT2D eigenvalue weighted by atomic mass is 15.1. The molecule has 700 valence electrons. The fourth-order valence-electron chi connectivity index (χ4n) is 20.6. The van der Waals surface area contributed by atoms with Crippen LogP contribution >= 0.6 is 0 Å². The Morgan fingerprint density at radius 2 is 0.293 bits per heavy atom. The van der Waals surface area contributed by atoms with Crippen LogP contribution in [0, 0.1) is 0 Å². The molecule has 0 saturated heterocycles. The number of rotatable bonds is 16. The van der Waals surface area contributed by atoms with Gasteiger partial charge in [-0.15, -0.1) is 0 Å². The highest BCUT2D eigenvalue weighted by Gasteiger charge is 2.23. The molecule has 0 amide bonds. The molecule has 28 aromatic rings. The van der Waals surface area contributed by atoms with E-state index in [0.717, 1.165) is 149 Å². The number of hydrogen-bond acceptors (Lipinski definition) is 12. The summed E-state index contributed by atoms with van der Waals surface area (Å²) in [6.45, 7) is 0. The summed E-state index contributed by atoms with van der Waals surface area (Å²) in [5.74, 6) is 5.65. The normalized spacial score (nSPS) is 11.3. The van der Waals surface area contributed by atoms with Gasteiger partial charge >= 0.3 is 0 Å². The third-order valence-electron chi connectivity index (χ3n) is 28.2. The Morgan fingerprint density at radius 3 is 0.587 bits per heavy atom. The third-order valence-corrected chi connectivity index (χ3v) is 28.2. The molecule has 0 aliphatic heterocycles. The molecule has 12 nitrogen and oxygen atoms in total. The lowest BCUT2D eigenvalue weighted by atomic mass is 9.96. The van der Waals surface area contributed by atoms with Crippen LogP contribution in [0.15, 0.2) is 534 Å². The second-order valence-electron chi connectivity index (χ2n) is 37.3. The first-order valence-electron chi connectivity index (χ1n) is 50.2. The van der Waals surface area contributed by atoms with E-state index in [0.29, 0.717) is 52.4 Å². The van der Waals surface area contributed by atoms with Crippen LogP contribution in [-0.2, 0) is 0 Å². The summed E-state index contributed by atoms with van der Waals surface area (Å²) in [5, 5.41) is 21.0. The summed E-state index contributed by atoms with van der Waals surface area (Å²) in [4.78, 5) is 60.0. The van der Waals surface area contributed by atoms with Gasteiger partial charge in [0.15, 0.2) is 52.4 Å². The molecule has 0 aliphatic carbocycles. The summed E-state index contributed by atoms with van der Waals surface area (Å²) in [7, 11) is 0. The lowest BCUT2D eigenvalue weighted by molar-refractivity contribution is 1.07. The predicted octanol–water partition coefficient (Wildman–Crippen LogP) is 34.9. The number of nitrogens with zero attached hydrogens (tertiary/aromatic N) is 12. The summed E-state index contributed by atoms with van der Waals surface area (Å²) in [5.41, 5.74) is 23.7. The third kappa shape index (κ3) is 17.9. The Balaban J connectivity index is 0.000000114. The number of benzene rings is 22. The van der Waals surface area contributed by atoms with Crippen LogP contribution in [0.5, 0.6) is 0 Å². The Hall–Kier alpha value is -20.3. The van der Waals surface area contributed by atoms with Gasteiger partial charge in [0.1, 0.15) is 0 Å². The van der Waals surface area contributed by atoms with Crippen LogP contribution in [-0.4, -0.2) is 59.8 Å². The molecule has 0 atom stereocenters. The van der Waals surface area contributed by atoms with E-state index in [2.05, 4.69) is 485 Å². The molecular weight excluding hydrogens is 1830 g/mol. The molecule has 28 rings (SSSR count). The van der Waals surface area contributed by atoms with Crippen molar-refractivity contribution in [2.45, 2.75) is 0 Å². The number of aromatic nitrogens is 12. The minimum Gasteiger partial charge on any atom is -0.256 e. The van der Waals surface area contributed by atoms with E-state index in [1.165, 1.54) is 76.1 Å². The average Bonchev–Trinajstić information content (AvgIpc) is 0.743. The summed E-state index contributed by atoms with van der Waals surface area (Å²) >= 11 is 0. The molecule has 0 saturated carbocycles. The van der Waals surface area contributed by atoms with E-state index < -0.39 is 0 Å². The predicted molar refractivity (Wildman–Crippen MR) is 617 cm³/mol. The van der Waals surface area contributed by atoms with Crippen molar-refractivity contribution in [3.8, 4) is 181 Å². The molecule has 0 aliphatic rings. The van der Waals surface area contributed by atoms with Gasteiger partial charge < -0.3 is 0 Å². The van der Waals surface area contributed by atoms with Gasteiger partial charge in [-0.2, -0.15) is 0 Å². The first kappa shape index (κ1) is 89.7. The van der Waals surface area contributed by atoms with Gasteiger partial charge in [0.2, 0.25) is 0 Å². The smallest absolute Gasteiger partial charge is 0.164 e. The number of pyridine rings is 3. The highest BCUT2D eigenvalue weighted by Crippen LogP contribution is 2.43. The van der Waals surface area contributed by atoms with Crippen molar-refractivity contribution in [3.05, 3.63) is 534 Å². The molecule has 150 heavy (non-hydrogen) atoms.